The highest BCUT2D eigenvalue weighted by atomic mass is 16.5. The molecule has 0 bridgehead atoms. The molecule has 0 fully saturated rings. The molecule has 1 aliphatic heterocycles. The molecule has 114 valence electrons. The topological polar surface area (TPSA) is 49.8 Å². The van der Waals surface area contributed by atoms with Gasteiger partial charge in [0.2, 0.25) is 0 Å². The highest BCUT2D eigenvalue weighted by Crippen LogP contribution is 2.23. The number of nitrogens with zero attached hydrogens (tertiary/aromatic N) is 1. The molecule has 1 heterocycles. The van der Waals surface area contributed by atoms with E-state index in [0.717, 1.165) is 25.1 Å². The number of rotatable bonds is 7. The van der Waals surface area contributed by atoms with Crippen molar-refractivity contribution in [3.63, 3.8) is 0 Å². The molecule has 1 N–H and O–H groups in total. The molecule has 0 aliphatic carbocycles. The molecule has 0 saturated carbocycles. The second-order valence-corrected chi connectivity index (χ2v) is 5.41. The van der Waals surface area contributed by atoms with Crippen LogP contribution in [0.5, 0.6) is 5.75 Å². The van der Waals surface area contributed by atoms with Crippen LogP contribution >= 0.6 is 0 Å². The Kier molecular flexibility index (Phi) is 5.39. The van der Waals surface area contributed by atoms with Crippen molar-refractivity contribution in [1.29, 1.82) is 0 Å². The number of hydrogen-bond donors (Lipinski definition) is 1. The second kappa shape index (κ2) is 7.27. The van der Waals surface area contributed by atoms with Crippen LogP contribution in [0.3, 0.4) is 0 Å². The van der Waals surface area contributed by atoms with Crippen LogP contribution in [0.15, 0.2) is 30.4 Å². The Morgan fingerprint density at radius 2 is 2.29 bits per heavy atom. The van der Waals surface area contributed by atoms with Crippen LogP contribution in [0.4, 0.5) is 0 Å². The van der Waals surface area contributed by atoms with E-state index >= 15 is 0 Å². The summed E-state index contributed by atoms with van der Waals surface area (Å²) in [5.74, 6) is -0.538. The van der Waals surface area contributed by atoms with Gasteiger partial charge in [-0.2, -0.15) is 0 Å². The van der Waals surface area contributed by atoms with Crippen LogP contribution in [-0.2, 0) is 6.54 Å². The van der Waals surface area contributed by atoms with Crippen molar-refractivity contribution in [3.05, 3.63) is 41.5 Å². The number of carbonyl (C=O) groups is 1. The highest BCUT2D eigenvalue weighted by Gasteiger charge is 2.20. The summed E-state index contributed by atoms with van der Waals surface area (Å²) in [6.07, 6.45) is 8.03. The summed E-state index contributed by atoms with van der Waals surface area (Å²) < 4.78 is 5.10. The van der Waals surface area contributed by atoms with E-state index < -0.39 is 5.97 Å². The molecule has 4 nitrogen and oxygen atoms in total. The summed E-state index contributed by atoms with van der Waals surface area (Å²) in [6.45, 7) is 3.90. The van der Waals surface area contributed by atoms with Crippen molar-refractivity contribution in [2.45, 2.75) is 38.8 Å². The van der Waals surface area contributed by atoms with Gasteiger partial charge in [-0.15, -0.1) is 0 Å². The summed E-state index contributed by atoms with van der Waals surface area (Å²) in [5, 5.41) is 9.24. The molecule has 1 atom stereocenters. The van der Waals surface area contributed by atoms with Crippen molar-refractivity contribution >= 4 is 5.97 Å². The van der Waals surface area contributed by atoms with Gasteiger partial charge in [-0.3, -0.25) is 4.90 Å². The van der Waals surface area contributed by atoms with Gasteiger partial charge in [0.05, 0.1) is 7.11 Å². The van der Waals surface area contributed by atoms with Crippen LogP contribution in [0.2, 0.25) is 0 Å². The molecule has 1 aromatic rings. The van der Waals surface area contributed by atoms with Crippen molar-refractivity contribution < 1.29 is 14.6 Å². The molecular formula is C17H23NO3. The first-order chi connectivity index (χ1) is 10.2. The van der Waals surface area contributed by atoms with Gasteiger partial charge in [0.15, 0.2) is 0 Å². The molecular weight excluding hydrogens is 266 g/mol. The van der Waals surface area contributed by atoms with Crippen molar-refractivity contribution in [2.24, 2.45) is 0 Å². The largest absolute Gasteiger partial charge is 0.496 e. The molecule has 0 radical (unpaired) electrons. The second-order valence-electron chi connectivity index (χ2n) is 5.41. The minimum atomic E-state index is -0.948. The zero-order valence-electron chi connectivity index (χ0n) is 12.7. The number of methoxy groups -OCH3 is 1. The molecule has 0 aromatic heterocycles. The Morgan fingerprint density at radius 3 is 2.95 bits per heavy atom. The van der Waals surface area contributed by atoms with Gasteiger partial charge in [-0.1, -0.05) is 38.0 Å². The third-order valence-electron chi connectivity index (χ3n) is 3.90. The summed E-state index contributed by atoms with van der Waals surface area (Å²) >= 11 is 0. The van der Waals surface area contributed by atoms with Crippen LogP contribution < -0.4 is 4.74 Å². The van der Waals surface area contributed by atoms with Crippen LogP contribution in [0.1, 0.15) is 42.1 Å². The number of carboxylic acid groups (broad SMARTS) is 1. The Balaban J connectivity index is 2.09. The van der Waals surface area contributed by atoms with Gasteiger partial charge in [0.1, 0.15) is 11.3 Å². The van der Waals surface area contributed by atoms with Crippen molar-refractivity contribution in [3.8, 4) is 5.75 Å². The van der Waals surface area contributed by atoms with Gasteiger partial charge in [-0.05, 0) is 24.1 Å². The minimum Gasteiger partial charge on any atom is -0.496 e. The summed E-state index contributed by atoms with van der Waals surface area (Å²) in [6, 6.07) is 5.88. The number of hydrogen-bond acceptors (Lipinski definition) is 3. The Bertz CT molecular complexity index is 525. The average molecular weight is 289 g/mol. The summed E-state index contributed by atoms with van der Waals surface area (Å²) in [4.78, 5) is 13.6. The molecule has 0 unspecified atom stereocenters. The lowest BCUT2D eigenvalue weighted by Crippen LogP contribution is -2.29. The van der Waals surface area contributed by atoms with Crippen molar-refractivity contribution in [2.75, 3.05) is 13.7 Å². The van der Waals surface area contributed by atoms with E-state index in [-0.39, 0.29) is 5.56 Å². The third kappa shape index (κ3) is 3.85. The van der Waals surface area contributed by atoms with Gasteiger partial charge >= 0.3 is 5.97 Å². The fourth-order valence-electron chi connectivity index (χ4n) is 2.74. The van der Waals surface area contributed by atoms with Gasteiger partial charge < -0.3 is 9.84 Å². The standard InChI is InChI=1S/C17H23NO3/c1-3-4-6-14-7-5-10-18(14)12-13-8-9-16(21-2)15(11-13)17(19)20/h5,7-9,11,14H,3-4,6,10,12H2,1-2H3,(H,19,20)/t14-/m0/s1. The van der Waals surface area contributed by atoms with Crippen molar-refractivity contribution in [1.82, 2.24) is 4.90 Å². The van der Waals surface area contributed by atoms with E-state index in [0.29, 0.717) is 11.8 Å². The lowest BCUT2D eigenvalue weighted by atomic mass is 10.1. The summed E-state index contributed by atoms with van der Waals surface area (Å²) in [7, 11) is 1.49. The lowest BCUT2D eigenvalue weighted by molar-refractivity contribution is 0.0693. The average Bonchev–Trinajstić information content (AvgIpc) is 2.92. The number of ether oxygens (including phenoxy) is 1. The predicted octanol–water partition coefficient (Wildman–Crippen LogP) is 3.32. The van der Waals surface area contributed by atoms with Gasteiger partial charge in [-0.25, -0.2) is 4.79 Å². The zero-order chi connectivity index (χ0) is 15.2. The van der Waals surface area contributed by atoms with Gasteiger partial charge in [0.25, 0.3) is 0 Å². The van der Waals surface area contributed by atoms with Crippen LogP contribution in [-0.4, -0.2) is 35.7 Å². The van der Waals surface area contributed by atoms with Crippen LogP contribution in [0.25, 0.3) is 0 Å². The molecule has 1 aromatic carbocycles. The van der Waals surface area contributed by atoms with E-state index in [1.54, 1.807) is 12.1 Å². The fourth-order valence-corrected chi connectivity index (χ4v) is 2.74. The number of carboxylic acids is 1. The predicted molar refractivity (Wildman–Crippen MR) is 82.8 cm³/mol. The molecule has 0 amide bonds. The SMILES string of the molecule is CCCC[C@H]1C=CCN1Cc1ccc(OC)c(C(=O)O)c1. The molecule has 21 heavy (non-hydrogen) atoms. The zero-order valence-corrected chi connectivity index (χ0v) is 12.7. The Hall–Kier alpha value is -1.81. The molecule has 2 rings (SSSR count). The van der Waals surface area contributed by atoms with E-state index in [4.69, 9.17) is 4.74 Å². The van der Waals surface area contributed by atoms with E-state index in [9.17, 15) is 9.90 Å². The monoisotopic (exact) mass is 289 g/mol. The minimum absolute atomic E-state index is 0.229. The normalized spacial score (nSPS) is 18.1. The Morgan fingerprint density at radius 1 is 1.48 bits per heavy atom. The first-order valence-corrected chi connectivity index (χ1v) is 7.46. The quantitative estimate of drug-likeness (QED) is 0.782. The maximum absolute atomic E-state index is 11.3. The first kappa shape index (κ1) is 15.6. The lowest BCUT2D eigenvalue weighted by Gasteiger charge is -2.24. The number of aromatic carboxylic acids is 1. The van der Waals surface area contributed by atoms with Crippen LogP contribution in [0, 0.1) is 0 Å². The van der Waals surface area contributed by atoms with E-state index in [1.165, 1.54) is 20.0 Å². The molecule has 0 saturated heterocycles. The summed E-state index contributed by atoms with van der Waals surface area (Å²) in [5.41, 5.74) is 1.24. The highest BCUT2D eigenvalue weighted by molar-refractivity contribution is 5.91. The van der Waals surface area contributed by atoms with E-state index in [1.807, 2.05) is 6.07 Å². The molecule has 0 spiro atoms. The van der Waals surface area contributed by atoms with E-state index in [2.05, 4.69) is 24.0 Å². The number of unbranched alkanes of at least 4 members (excludes halogenated alkanes) is 1. The van der Waals surface area contributed by atoms with Gasteiger partial charge in [0, 0.05) is 19.1 Å². The Labute approximate surface area is 126 Å². The first-order valence-electron chi connectivity index (χ1n) is 7.46. The maximum Gasteiger partial charge on any atom is 0.339 e. The molecule has 4 heteroatoms. The molecule has 1 aliphatic rings. The fraction of sp³-hybridized carbons (Fsp3) is 0.471. The third-order valence-corrected chi connectivity index (χ3v) is 3.90. The smallest absolute Gasteiger partial charge is 0.339 e. The number of benzene rings is 1. The maximum atomic E-state index is 11.3.